The molecule has 1 N–H and O–H groups in total. The number of nitrogens with zero attached hydrogens (tertiary/aromatic N) is 1. The molecule has 2 fully saturated rings. The van der Waals surface area contributed by atoms with Crippen LogP contribution in [0.2, 0.25) is 0 Å². The van der Waals surface area contributed by atoms with Crippen LogP contribution in [0.1, 0.15) is 66.1 Å². The fraction of sp³-hybridized carbons (Fsp3) is 0.636. The van der Waals surface area contributed by atoms with E-state index >= 15 is 0 Å². The maximum atomic E-state index is 11.0. The second kappa shape index (κ2) is 3.08. The summed E-state index contributed by atoms with van der Waals surface area (Å²) in [6.45, 7) is 0. The third-order valence-corrected chi connectivity index (χ3v) is 3.28. The summed E-state index contributed by atoms with van der Waals surface area (Å²) in [5.74, 6) is 0.471. The minimum atomic E-state index is -0.977. The van der Waals surface area contributed by atoms with E-state index in [-0.39, 0.29) is 5.76 Å². The van der Waals surface area contributed by atoms with Gasteiger partial charge in [0.25, 0.3) is 0 Å². The van der Waals surface area contributed by atoms with Gasteiger partial charge in [0.15, 0.2) is 5.89 Å². The number of hydrogen-bond acceptors (Lipinski definition) is 3. The normalized spacial score (nSPS) is 21.3. The predicted molar refractivity (Wildman–Crippen MR) is 52.0 cm³/mol. The first-order chi connectivity index (χ1) is 7.25. The van der Waals surface area contributed by atoms with E-state index in [0.717, 1.165) is 25.7 Å². The van der Waals surface area contributed by atoms with Gasteiger partial charge in [0.1, 0.15) is 0 Å². The summed E-state index contributed by atoms with van der Waals surface area (Å²) >= 11 is 0. The Kier molecular flexibility index (Phi) is 1.84. The molecule has 0 amide bonds. The molecule has 2 aliphatic carbocycles. The molecule has 4 nitrogen and oxygen atoms in total. The van der Waals surface area contributed by atoms with E-state index in [9.17, 15) is 4.79 Å². The van der Waals surface area contributed by atoms with Crippen LogP contribution < -0.4 is 0 Å². The maximum Gasteiger partial charge on any atom is 0.373 e. The molecule has 80 valence electrons. The van der Waals surface area contributed by atoms with Crippen molar-refractivity contribution in [1.82, 2.24) is 4.98 Å². The molecule has 1 aromatic rings. The predicted octanol–water partition coefficient (Wildman–Crippen LogP) is 2.52. The maximum absolute atomic E-state index is 11.0. The average molecular weight is 207 g/mol. The van der Waals surface area contributed by atoms with Gasteiger partial charge in [-0.25, -0.2) is 9.78 Å². The van der Waals surface area contributed by atoms with Crippen molar-refractivity contribution >= 4 is 5.97 Å². The molecular formula is C11H13NO3. The highest BCUT2D eigenvalue weighted by Gasteiger charge is 2.35. The van der Waals surface area contributed by atoms with Crippen LogP contribution in [0.4, 0.5) is 0 Å². The molecule has 0 spiro atoms. The van der Waals surface area contributed by atoms with Gasteiger partial charge < -0.3 is 9.52 Å². The Bertz CT molecular complexity index is 402. The summed E-state index contributed by atoms with van der Waals surface area (Å²) in [5, 5.41) is 8.99. The second-order valence-electron chi connectivity index (χ2n) is 4.47. The number of aromatic carboxylic acids is 1. The van der Waals surface area contributed by atoms with Crippen LogP contribution in [0.25, 0.3) is 0 Å². The van der Waals surface area contributed by atoms with Gasteiger partial charge in [-0.2, -0.15) is 0 Å². The first-order valence-corrected chi connectivity index (χ1v) is 5.49. The lowest BCUT2D eigenvalue weighted by molar-refractivity contribution is 0.0656. The number of hydrogen-bond donors (Lipinski definition) is 1. The lowest BCUT2D eigenvalue weighted by atomic mass is 9.85. The smallest absolute Gasteiger partial charge is 0.373 e. The highest BCUT2D eigenvalue weighted by atomic mass is 16.4. The first kappa shape index (κ1) is 8.95. The lowest BCUT2D eigenvalue weighted by Crippen LogP contribution is -2.08. The molecule has 0 atom stereocenters. The van der Waals surface area contributed by atoms with Gasteiger partial charge in [0.05, 0.1) is 5.69 Å². The minimum absolute atomic E-state index is 0.0828. The summed E-state index contributed by atoms with van der Waals surface area (Å²) in [7, 11) is 0. The molecule has 3 rings (SSSR count). The minimum Gasteiger partial charge on any atom is -0.475 e. The molecule has 0 saturated heterocycles. The topological polar surface area (TPSA) is 63.3 Å². The number of aromatic nitrogens is 1. The quantitative estimate of drug-likeness (QED) is 0.827. The van der Waals surface area contributed by atoms with Gasteiger partial charge in [-0.1, -0.05) is 6.42 Å². The van der Waals surface area contributed by atoms with Crippen molar-refractivity contribution in [3.8, 4) is 0 Å². The second-order valence-corrected chi connectivity index (χ2v) is 4.47. The molecule has 15 heavy (non-hydrogen) atoms. The molecule has 1 heterocycles. The van der Waals surface area contributed by atoms with Crippen LogP contribution in [0.3, 0.4) is 0 Å². The Morgan fingerprint density at radius 3 is 2.47 bits per heavy atom. The van der Waals surface area contributed by atoms with Crippen molar-refractivity contribution in [3.63, 3.8) is 0 Å². The summed E-state index contributed by atoms with van der Waals surface area (Å²) in [5.41, 5.74) is 0.685. The zero-order valence-corrected chi connectivity index (χ0v) is 8.40. The van der Waals surface area contributed by atoms with Crippen LogP contribution >= 0.6 is 0 Å². The van der Waals surface area contributed by atoms with Crippen molar-refractivity contribution in [3.05, 3.63) is 17.3 Å². The molecule has 4 heteroatoms. The Morgan fingerprint density at radius 2 is 2.00 bits per heavy atom. The van der Waals surface area contributed by atoms with Crippen molar-refractivity contribution < 1.29 is 14.3 Å². The average Bonchev–Trinajstić information content (AvgIpc) is 2.85. The van der Waals surface area contributed by atoms with E-state index in [1.54, 1.807) is 0 Å². The van der Waals surface area contributed by atoms with E-state index < -0.39 is 5.97 Å². The summed E-state index contributed by atoms with van der Waals surface area (Å²) in [4.78, 5) is 15.3. The van der Waals surface area contributed by atoms with E-state index in [1.807, 2.05) is 0 Å². The molecule has 0 bridgehead atoms. The van der Waals surface area contributed by atoms with Crippen LogP contribution in [-0.2, 0) is 0 Å². The van der Waals surface area contributed by atoms with Crippen molar-refractivity contribution in [2.24, 2.45) is 0 Å². The summed E-state index contributed by atoms with van der Waals surface area (Å²) in [6, 6.07) is 0. The molecule has 1 aromatic heterocycles. The van der Waals surface area contributed by atoms with Crippen LogP contribution in [-0.4, -0.2) is 16.1 Å². The van der Waals surface area contributed by atoms with Gasteiger partial charge in [-0.05, 0) is 25.7 Å². The van der Waals surface area contributed by atoms with Gasteiger partial charge in [0.2, 0.25) is 5.76 Å². The largest absolute Gasteiger partial charge is 0.475 e. The van der Waals surface area contributed by atoms with Gasteiger partial charge in [-0.3, -0.25) is 0 Å². The fourth-order valence-electron chi connectivity index (χ4n) is 1.97. The van der Waals surface area contributed by atoms with E-state index in [4.69, 9.17) is 9.52 Å². The molecule has 0 unspecified atom stereocenters. The van der Waals surface area contributed by atoms with Crippen LogP contribution in [0.15, 0.2) is 4.42 Å². The number of oxazole rings is 1. The van der Waals surface area contributed by atoms with Gasteiger partial charge in [-0.15, -0.1) is 0 Å². The van der Waals surface area contributed by atoms with Crippen molar-refractivity contribution in [1.29, 1.82) is 0 Å². The lowest BCUT2D eigenvalue weighted by Gasteiger charge is -2.21. The van der Waals surface area contributed by atoms with Crippen LogP contribution in [0, 0.1) is 0 Å². The number of carboxylic acid groups (broad SMARTS) is 1. The Hall–Kier alpha value is -1.32. The van der Waals surface area contributed by atoms with E-state index in [2.05, 4.69) is 4.98 Å². The molecule has 2 saturated carbocycles. The summed E-state index contributed by atoms with van der Waals surface area (Å²) in [6.07, 6.45) is 5.48. The van der Waals surface area contributed by atoms with Gasteiger partial charge >= 0.3 is 5.97 Å². The highest BCUT2D eigenvalue weighted by Crippen LogP contribution is 2.44. The number of carboxylic acids is 1. The Labute approximate surface area is 87.3 Å². The van der Waals surface area contributed by atoms with Crippen molar-refractivity contribution in [2.45, 2.75) is 43.9 Å². The van der Waals surface area contributed by atoms with E-state index in [1.165, 1.54) is 6.42 Å². The SMILES string of the molecule is O=C(O)c1oc(C2CCC2)nc1C1CC1. The highest BCUT2D eigenvalue weighted by molar-refractivity contribution is 5.86. The Morgan fingerprint density at radius 1 is 1.27 bits per heavy atom. The zero-order chi connectivity index (χ0) is 10.4. The first-order valence-electron chi connectivity index (χ1n) is 5.49. The molecule has 0 radical (unpaired) electrons. The summed E-state index contributed by atoms with van der Waals surface area (Å²) < 4.78 is 5.37. The standard InChI is InChI=1S/C11H13NO3/c13-11(14)9-8(6-4-5-6)12-10(15-9)7-2-1-3-7/h6-7H,1-5H2,(H,13,14). The fourth-order valence-corrected chi connectivity index (χ4v) is 1.97. The molecule has 0 aromatic carbocycles. The monoisotopic (exact) mass is 207 g/mol. The molecule has 2 aliphatic rings. The van der Waals surface area contributed by atoms with Gasteiger partial charge in [0, 0.05) is 11.8 Å². The van der Waals surface area contributed by atoms with Crippen molar-refractivity contribution in [2.75, 3.05) is 0 Å². The molecule has 0 aliphatic heterocycles. The van der Waals surface area contributed by atoms with E-state index in [0.29, 0.717) is 23.4 Å². The van der Waals surface area contributed by atoms with Crippen LogP contribution in [0.5, 0.6) is 0 Å². The number of carbonyl (C=O) groups is 1. The zero-order valence-electron chi connectivity index (χ0n) is 8.40. The molecular weight excluding hydrogens is 194 g/mol. The third-order valence-electron chi connectivity index (χ3n) is 3.28. The third kappa shape index (κ3) is 1.44. The number of rotatable bonds is 3. The Balaban J connectivity index is 1.95.